The van der Waals surface area contributed by atoms with E-state index in [1.54, 1.807) is 42.5 Å². The number of nitriles is 1. The first-order valence-electron chi connectivity index (χ1n) is 8.01. The summed E-state index contributed by atoms with van der Waals surface area (Å²) in [5.74, 6) is 0.427. The normalized spacial score (nSPS) is 11.1. The van der Waals surface area contributed by atoms with Crippen LogP contribution < -0.4 is 5.32 Å². The zero-order valence-electron chi connectivity index (χ0n) is 14.3. The average molecular weight is 397 g/mol. The van der Waals surface area contributed by atoms with Crippen LogP contribution in [0.2, 0.25) is 10.0 Å². The fraction of sp³-hybridized carbons (Fsp3) is 0.0476. The first kappa shape index (κ1) is 18.8. The lowest BCUT2D eigenvalue weighted by Crippen LogP contribution is -2.13. The number of hydrogen-bond donors (Lipinski definition) is 1. The maximum Gasteiger partial charge on any atom is 0.266 e. The van der Waals surface area contributed by atoms with Crippen LogP contribution in [0, 0.1) is 18.3 Å². The number of anilines is 1. The van der Waals surface area contributed by atoms with E-state index in [2.05, 4.69) is 5.32 Å². The third-order valence-electron chi connectivity index (χ3n) is 3.79. The van der Waals surface area contributed by atoms with Crippen molar-refractivity contribution in [1.29, 1.82) is 5.26 Å². The summed E-state index contributed by atoms with van der Waals surface area (Å²) in [5, 5.41) is 12.9. The minimum absolute atomic E-state index is 0.0642. The topological polar surface area (TPSA) is 66.0 Å². The highest BCUT2D eigenvalue weighted by Gasteiger charge is 2.12. The predicted molar refractivity (Wildman–Crippen MR) is 108 cm³/mol. The number of carbonyl (C=O) groups excluding carboxylic acids is 1. The number of furan rings is 1. The number of aryl methyl sites for hydroxylation is 1. The lowest BCUT2D eigenvalue weighted by Gasteiger charge is -2.04. The Bertz CT molecular complexity index is 1060. The largest absolute Gasteiger partial charge is 0.457 e. The lowest BCUT2D eigenvalue weighted by atomic mass is 10.2. The van der Waals surface area contributed by atoms with Crippen LogP contribution in [-0.4, -0.2) is 5.91 Å². The second-order valence-electron chi connectivity index (χ2n) is 5.82. The van der Waals surface area contributed by atoms with Crippen molar-refractivity contribution in [1.82, 2.24) is 0 Å². The molecule has 2 aromatic carbocycles. The molecule has 0 saturated heterocycles. The van der Waals surface area contributed by atoms with Crippen molar-refractivity contribution in [2.24, 2.45) is 0 Å². The monoisotopic (exact) mass is 396 g/mol. The van der Waals surface area contributed by atoms with Gasteiger partial charge in [0.25, 0.3) is 5.91 Å². The van der Waals surface area contributed by atoms with Crippen LogP contribution in [0.4, 0.5) is 5.69 Å². The van der Waals surface area contributed by atoms with Gasteiger partial charge in [-0.15, -0.1) is 0 Å². The maximum atomic E-state index is 12.3. The van der Waals surface area contributed by atoms with Gasteiger partial charge in [-0.2, -0.15) is 5.26 Å². The van der Waals surface area contributed by atoms with Gasteiger partial charge in [-0.3, -0.25) is 4.79 Å². The molecule has 0 radical (unpaired) electrons. The van der Waals surface area contributed by atoms with Crippen LogP contribution in [0.3, 0.4) is 0 Å². The number of halogens is 2. The molecule has 0 bridgehead atoms. The van der Waals surface area contributed by atoms with Crippen molar-refractivity contribution < 1.29 is 9.21 Å². The molecule has 3 aromatic rings. The zero-order chi connectivity index (χ0) is 19.4. The smallest absolute Gasteiger partial charge is 0.266 e. The minimum atomic E-state index is -0.506. The SMILES string of the molecule is Cc1ccc(NC(=O)/C(C#N)=C/c2ccc(-c3ccc(Cl)c(Cl)c3)o2)cc1. The van der Waals surface area contributed by atoms with E-state index in [-0.39, 0.29) is 5.57 Å². The van der Waals surface area contributed by atoms with E-state index >= 15 is 0 Å². The van der Waals surface area contributed by atoms with Crippen molar-refractivity contribution in [3.05, 3.63) is 81.5 Å². The van der Waals surface area contributed by atoms with Crippen LogP contribution in [0.5, 0.6) is 0 Å². The molecule has 3 rings (SSSR count). The van der Waals surface area contributed by atoms with Crippen LogP contribution in [0.1, 0.15) is 11.3 Å². The second kappa shape index (κ2) is 8.13. The molecule has 0 spiro atoms. The molecule has 0 saturated carbocycles. The Morgan fingerprint density at radius 1 is 1.07 bits per heavy atom. The van der Waals surface area contributed by atoms with Crippen molar-refractivity contribution in [2.75, 3.05) is 5.32 Å². The van der Waals surface area contributed by atoms with E-state index in [0.29, 0.717) is 27.3 Å². The first-order valence-corrected chi connectivity index (χ1v) is 8.77. The number of amides is 1. The Labute approximate surface area is 166 Å². The van der Waals surface area contributed by atoms with Gasteiger partial charge in [0.1, 0.15) is 23.2 Å². The van der Waals surface area contributed by atoms with Crippen LogP contribution in [0.25, 0.3) is 17.4 Å². The molecular weight excluding hydrogens is 383 g/mol. The molecule has 1 heterocycles. The molecule has 4 nitrogen and oxygen atoms in total. The van der Waals surface area contributed by atoms with Crippen molar-refractivity contribution in [2.45, 2.75) is 6.92 Å². The number of carbonyl (C=O) groups is 1. The van der Waals surface area contributed by atoms with Crippen molar-refractivity contribution in [3.8, 4) is 17.4 Å². The summed E-state index contributed by atoms with van der Waals surface area (Å²) in [6.45, 7) is 1.95. The van der Waals surface area contributed by atoms with Gasteiger partial charge in [-0.1, -0.05) is 40.9 Å². The van der Waals surface area contributed by atoms with Gasteiger partial charge in [0.05, 0.1) is 10.0 Å². The van der Waals surface area contributed by atoms with E-state index in [9.17, 15) is 10.1 Å². The van der Waals surface area contributed by atoms with Crippen LogP contribution in [0.15, 0.2) is 64.6 Å². The predicted octanol–water partition coefficient (Wildman–Crippen LogP) is 6.11. The fourth-order valence-corrected chi connectivity index (χ4v) is 2.66. The number of nitrogens with zero attached hydrogens (tertiary/aromatic N) is 1. The summed E-state index contributed by atoms with van der Waals surface area (Å²) in [6, 6.07) is 17.7. The highest BCUT2D eigenvalue weighted by Crippen LogP contribution is 2.30. The van der Waals surface area contributed by atoms with Gasteiger partial charge < -0.3 is 9.73 Å². The molecule has 0 unspecified atom stereocenters. The van der Waals surface area contributed by atoms with E-state index in [0.717, 1.165) is 11.1 Å². The molecule has 0 aliphatic heterocycles. The highest BCUT2D eigenvalue weighted by molar-refractivity contribution is 6.42. The van der Waals surface area contributed by atoms with E-state index in [1.165, 1.54) is 6.08 Å². The second-order valence-corrected chi connectivity index (χ2v) is 6.64. The molecule has 6 heteroatoms. The molecule has 0 aliphatic carbocycles. The first-order chi connectivity index (χ1) is 13.0. The highest BCUT2D eigenvalue weighted by atomic mass is 35.5. The summed E-state index contributed by atoms with van der Waals surface area (Å²) in [7, 11) is 0. The summed E-state index contributed by atoms with van der Waals surface area (Å²) < 4.78 is 5.70. The van der Waals surface area contributed by atoms with E-state index in [1.807, 2.05) is 25.1 Å². The average Bonchev–Trinajstić information content (AvgIpc) is 3.12. The molecule has 1 N–H and O–H groups in total. The van der Waals surface area contributed by atoms with Gasteiger partial charge in [-0.25, -0.2) is 0 Å². The Morgan fingerprint density at radius 2 is 1.81 bits per heavy atom. The van der Waals surface area contributed by atoms with E-state index in [4.69, 9.17) is 27.6 Å². The Morgan fingerprint density at radius 3 is 2.48 bits per heavy atom. The van der Waals surface area contributed by atoms with Crippen molar-refractivity contribution in [3.63, 3.8) is 0 Å². The third-order valence-corrected chi connectivity index (χ3v) is 4.53. The number of rotatable bonds is 4. The quantitative estimate of drug-likeness (QED) is 0.427. The minimum Gasteiger partial charge on any atom is -0.457 e. The summed E-state index contributed by atoms with van der Waals surface area (Å²) in [5.41, 5.74) is 2.37. The number of nitrogens with one attached hydrogen (secondary N) is 1. The number of hydrogen-bond acceptors (Lipinski definition) is 3. The Kier molecular flexibility index (Phi) is 5.66. The third kappa shape index (κ3) is 4.59. The van der Waals surface area contributed by atoms with Crippen LogP contribution in [-0.2, 0) is 4.79 Å². The van der Waals surface area contributed by atoms with Gasteiger partial charge in [0.2, 0.25) is 0 Å². The molecule has 27 heavy (non-hydrogen) atoms. The number of benzene rings is 2. The molecule has 134 valence electrons. The Hall–Kier alpha value is -3.00. The standard InChI is InChI=1S/C21H14Cl2N2O2/c1-13-2-5-16(6-3-13)25-21(26)15(12-24)10-17-7-9-20(27-17)14-4-8-18(22)19(23)11-14/h2-11H,1H3,(H,25,26)/b15-10+. The summed E-state index contributed by atoms with van der Waals surface area (Å²) >= 11 is 11.9. The molecule has 0 fully saturated rings. The van der Waals surface area contributed by atoms with E-state index < -0.39 is 5.91 Å². The van der Waals surface area contributed by atoms with Crippen molar-refractivity contribution >= 4 is 40.9 Å². The maximum absolute atomic E-state index is 12.3. The molecule has 0 atom stereocenters. The molecule has 1 amide bonds. The van der Waals surface area contributed by atoms with Gasteiger partial charge in [0, 0.05) is 17.3 Å². The van der Waals surface area contributed by atoms with Gasteiger partial charge in [-0.05, 0) is 49.4 Å². The van der Waals surface area contributed by atoms with Gasteiger partial charge in [0.15, 0.2) is 0 Å². The molecule has 1 aromatic heterocycles. The fourth-order valence-electron chi connectivity index (χ4n) is 2.36. The van der Waals surface area contributed by atoms with Crippen LogP contribution >= 0.6 is 23.2 Å². The Balaban J connectivity index is 1.80. The van der Waals surface area contributed by atoms with Gasteiger partial charge >= 0.3 is 0 Å². The lowest BCUT2D eigenvalue weighted by molar-refractivity contribution is -0.112. The molecular formula is C21H14Cl2N2O2. The zero-order valence-corrected chi connectivity index (χ0v) is 15.8. The summed E-state index contributed by atoms with van der Waals surface area (Å²) in [4.78, 5) is 12.3. The molecule has 0 aliphatic rings. The summed E-state index contributed by atoms with van der Waals surface area (Å²) in [6.07, 6.45) is 1.39.